The largest absolute Gasteiger partial charge is 0.387 e. The molecule has 5 nitrogen and oxygen atoms in total. The van der Waals surface area contributed by atoms with Gasteiger partial charge < -0.3 is 5.11 Å². The van der Waals surface area contributed by atoms with Crippen LogP contribution >= 0.6 is 0 Å². The zero-order valence-corrected chi connectivity index (χ0v) is 12.1. The van der Waals surface area contributed by atoms with Crippen molar-refractivity contribution in [2.45, 2.75) is 31.9 Å². The minimum Gasteiger partial charge on any atom is -0.387 e. The van der Waals surface area contributed by atoms with Gasteiger partial charge in [-0.25, -0.2) is 4.98 Å². The fraction of sp³-hybridized carbons (Fsp3) is 0.500. The molecule has 2 aliphatic rings. The monoisotopic (exact) mass is 285 g/mol. The molecule has 2 fully saturated rings. The first-order valence-corrected chi connectivity index (χ1v) is 7.47. The zero-order valence-electron chi connectivity index (χ0n) is 12.1. The smallest absolute Gasteiger partial charge is 0.258 e. The van der Waals surface area contributed by atoms with Crippen LogP contribution < -0.4 is 5.56 Å². The second kappa shape index (κ2) is 4.39. The molecule has 0 radical (unpaired) electrons. The van der Waals surface area contributed by atoms with Gasteiger partial charge in [0.15, 0.2) is 0 Å². The number of nitrogens with zero attached hydrogens (tertiary/aromatic N) is 3. The van der Waals surface area contributed by atoms with E-state index in [9.17, 15) is 9.90 Å². The van der Waals surface area contributed by atoms with Gasteiger partial charge in [-0.1, -0.05) is 0 Å². The maximum absolute atomic E-state index is 12.1. The van der Waals surface area contributed by atoms with Crippen LogP contribution in [0.1, 0.15) is 24.1 Å². The van der Waals surface area contributed by atoms with E-state index in [4.69, 9.17) is 0 Å². The summed E-state index contributed by atoms with van der Waals surface area (Å²) in [6.45, 7) is 4.03. The Morgan fingerprint density at radius 3 is 2.86 bits per heavy atom. The van der Waals surface area contributed by atoms with Crippen LogP contribution in [-0.2, 0) is 6.54 Å². The molecule has 0 bridgehead atoms. The number of likely N-dealkylation sites (tertiary alicyclic amines) is 1. The highest BCUT2D eigenvalue weighted by Crippen LogP contribution is 2.44. The van der Waals surface area contributed by atoms with Gasteiger partial charge in [0.2, 0.25) is 0 Å². The Morgan fingerprint density at radius 2 is 2.14 bits per heavy atom. The van der Waals surface area contributed by atoms with Crippen molar-refractivity contribution in [3.05, 3.63) is 46.0 Å². The van der Waals surface area contributed by atoms with Gasteiger partial charge in [-0.3, -0.25) is 14.1 Å². The quantitative estimate of drug-likeness (QED) is 0.912. The van der Waals surface area contributed by atoms with Crippen molar-refractivity contribution in [2.75, 3.05) is 13.1 Å². The minimum atomic E-state index is -0.484. The fourth-order valence-electron chi connectivity index (χ4n) is 3.28. The molecule has 1 aliphatic carbocycles. The second-order valence-corrected chi connectivity index (χ2v) is 6.54. The first-order chi connectivity index (χ1) is 10.0. The Bertz CT molecular complexity index is 758. The maximum atomic E-state index is 12.1. The number of fused-ring (bicyclic) bond motifs is 1. The third-order valence-corrected chi connectivity index (χ3v) is 4.59. The average molecular weight is 285 g/mol. The van der Waals surface area contributed by atoms with Crippen LogP contribution in [0.4, 0.5) is 0 Å². The SMILES string of the molecule is Cc1ccn2c(=O)cc(CN3CC(O)(C4CC4)C3)nc2c1. The van der Waals surface area contributed by atoms with Crippen molar-refractivity contribution in [3.8, 4) is 0 Å². The summed E-state index contributed by atoms with van der Waals surface area (Å²) < 4.78 is 1.56. The number of pyridine rings is 1. The fourth-order valence-corrected chi connectivity index (χ4v) is 3.28. The zero-order chi connectivity index (χ0) is 14.6. The Labute approximate surface area is 122 Å². The molecule has 1 saturated carbocycles. The summed E-state index contributed by atoms with van der Waals surface area (Å²) in [7, 11) is 0. The molecule has 0 amide bonds. The van der Waals surface area contributed by atoms with E-state index in [1.54, 1.807) is 16.7 Å². The Hall–Kier alpha value is -1.72. The van der Waals surface area contributed by atoms with Crippen LogP contribution in [0.15, 0.2) is 29.2 Å². The molecular formula is C16H19N3O2. The Kier molecular flexibility index (Phi) is 2.71. The van der Waals surface area contributed by atoms with Crippen LogP contribution in [0.25, 0.3) is 5.65 Å². The number of hydrogen-bond donors (Lipinski definition) is 1. The molecule has 21 heavy (non-hydrogen) atoms. The topological polar surface area (TPSA) is 57.8 Å². The van der Waals surface area contributed by atoms with Gasteiger partial charge in [0.05, 0.1) is 11.3 Å². The van der Waals surface area contributed by atoms with Gasteiger partial charge in [-0.2, -0.15) is 0 Å². The molecule has 1 saturated heterocycles. The van der Waals surface area contributed by atoms with Gasteiger partial charge in [0.25, 0.3) is 5.56 Å². The number of aryl methyl sites for hydroxylation is 1. The van der Waals surface area contributed by atoms with Crippen LogP contribution in [0.3, 0.4) is 0 Å². The number of hydrogen-bond acceptors (Lipinski definition) is 4. The van der Waals surface area contributed by atoms with E-state index in [2.05, 4.69) is 9.88 Å². The maximum Gasteiger partial charge on any atom is 0.258 e. The summed E-state index contributed by atoms with van der Waals surface area (Å²) in [5.41, 5.74) is 2.03. The standard InChI is InChI=1S/C16H19N3O2/c1-11-4-5-19-14(6-11)17-13(7-15(19)20)8-18-9-16(21,10-18)12-2-3-12/h4-7,12,21H,2-3,8-10H2,1H3. The predicted molar refractivity (Wildman–Crippen MR) is 79.1 cm³/mol. The lowest BCUT2D eigenvalue weighted by atomic mass is 9.88. The lowest BCUT2D eigenvalue weighted by Gasteiger charge is -2.46. The van der Waals surface area contributed by atoms with Gasteiger partial charge in [0, 0.05) is 31.9 Å². The van der Waals surface area contributed by atoms with E-state index in [-0.39, 0.29) is 5.56 Å². The number of aliphatic hydroxyl groups is 1. The normalized spacial score (nSPS) is 21.4. The molecular weight excluding hydrogens is 266 g/mol. The number of β-amino-alcohol motifs (C(OH)–C–C–N with tert-alkyl or cyclic N) is 1. The first kappa shape index (κ1) is 13.0. The molecule has 4 rings (SSSR count). The van der Waals surface area contributed by atoms with Crippen LogP contribution in [-0.4, -0.2) is 38.1 Å². The predicted octanol–water partition coefficient (Wildman–Crippen LogP) is 0.960. The summed E-state index contributed by atoms with van der Waals surface area (Å²) in [6, 6.07) is 5.42. The highest BCUT2D eigenvalue weighted by Gasteiger charge is 2.51. The van der Waals surface area contributed by atoms with Crippen LogP contribution in [0, 0.1) is 12.8 Å². The molecule has 5 heteroatoms. The van der Waals surface area contributed by atoms with E-state index in [0.29, 0.717) is 31.2 Å². The summed E-state index contributed by atoms with van der Waals surface area (Å²) in [4.78, 5) is 18.8. The van der Waals surface area contributed by atoms with Crippen molar-refractivity contribution in [1.82, 2.24) is 14.3 Å². The highest BCUT2D eigenvalue weighted by molar-refractivity contribution is 5.41. The van der Waals surface area contributed by atoms with Gasteiger partial charge >= 0.3 is 0 Å². The molecule has 2 aromatic rings. The van der Waals surface area contributed by atoms with Crippen molar-refractivity contribution in [3.63, 3.8) is 0 Å². The second-order valence-electron chi connectivity index (χ2n) is 6.54. The molecule has 1 N–H and O–H groups in total. The Morgan fingerprint density at radius 1 is 1.38 bits per heavy atom. The summed E-state index contributed by atoms with van der Waals surface area (Å²) in [6.07, 6.45) is 4.07. The Balaban J connectivity index is 1.56. The first-order valence-electron chi connectivity index (χ1n) is 7.47. The van der Waals surface area contributed by atoms with E-state index in [1.807, 2.05) is 19.1 Å². The molecule has 0 unspecified atom stereocenters. The van der Waals surface area contributed by atoms with Crippen LogP contribution in [0.5, 0.6) is 0 Å². The van der Waals surface area contributed by atoms with E-state index >= 15 is 0 Å². The van der Waals surface area contributed by atoms with Crippen LogP contribution in [0.2, 0.25) is 0 Å². The average Bonchev–Trinajstić information content (AvgIpc) is 3.20. The molecule has 2 aromatic heterocycles. The van der Waals surface area contributed by atoms with E-state index in [1.165, 1.54) is 0 Å². The highest BCUT2D eigenvalue weighted by atomic mass is 16.3. The van der Waals surface area contributed by atoms with Crippen molar-refractivity contribution in [2.24, 2.45) is 5.92 Å². The van der Waals surface area contributed by atoms with E-state index < -0.39 is 5.60 Å². The lowest BCUT2D eigenvalue weighted by molar-refractivity contribution is -0.117. The van der Waals surface area contributed by atoms with Gasteiger partial charge in [-0.05, 0) is 43.4 Å². The third kappa shape index (κ3) is 2.26. The molecule has 0 spiro atoms. The van der Waals surface area contributed by atoms with Gasteiger partial charge in [-0.15, -0.1) is 0 Å². The summed E-state index contributed by atoms with van der Waals surface area (Å²) in [5.74, 6) is 0.492. The van der Waals surface area contributed by atoms with Gasteiger partial charge in [0.1, 0.15) is 5.65 Å². The molecule has 3 heterocycles. The molecule has 0 atom stereocenters. The number of aromatic nitrogens is 2. The molecule has 110 valence electrons. The number of rotatable bonds is 3. The summed E-state index contributed by atoms with van der Waals surface area (Å²) >= 11 is 0. The lowest BCUT2D eigenvalue weighted by Crippen LogP contribution is -2.62. The summed E-state index contributed by atoms with van der Waals surface area (Å²) in [5, 5.41) is 10.3. The third-order valence-electron chi connectivity index (χ3n) is 4.59. The van der Waals surface area contributed by atoms with Crippen molar-refractivity contribution in [1.29, 1.82) is 0 Å². The molecule has 0 aromatic carbocycles. The van der Waals surface area contributed by atoms with Crippen molar-refractivity contribution < 1.29 is 5.11 Å². The van der Waals surface area contributed by atoms with Crippen molar-refractivity contribution >= 4 is 5.65 Å². The minimum absolute atomic E-state index is 0.0482. The van der Waals surface area contributed by atoms with E-state index in [0.717, 1.165) is 24.1 Å². The molecule has 1 aliphatic heterocycles.